The second kappa shape index (κ2) is 6.23. The molecule has 0 amide bonds. The third kappa shape index (κ3) is 2.49. The summed E-state index contributed by atoms with van der Waals surface area (Å²) in [6, 6.07) is 1.74. The quantitative estimate of drug-likeness (QED) is 0.815. The molecule has 2 heterocycles. The van der Waals surface area contributed by atoms with Crippen LogP contribution in [0.2, 0.25) is 0 Å². The molecule has 27 heavy (non-hydrogen) atoms. The number of furan rings is 1. The van der Waals surface area contributed by atoms with E-state index in [2.05, 4.69) is 13.8 Å². The van der Waals surface area contributed by atoms with Crippen LogP contribution in [0, 0.1) is 22.7 Å². The molecule has 1 saturated carbocycles. The molecule has 0 aromatic carbocycles. The normalized spacial score (nSPS) is 38.6. The van der Waals surface area contributed by atoms with Crippen LogP contribution in [0.3, 0.4) is 0 Å². The number of carbonyl (C=O) groups excluding carboxylic acids is 2. The van der Waals surface area contributed by atoms with Crippen LogP contribution in [0.4, 0.5) is 0 Å². The van der Waals surface area contributed by atoms with E-state index in [-0.39, 0.29) is 24.0 Å². The van der Waals surface area contributed by atoms with Crippen molar-refractivity contribution >= 4 is 11.9 Å². The van der Waals surface area contributed by atoms with Crippen molar-refractivity contribution in [3.8, 4) is 0 Å². The number of aliphatic hydroxyl groups is 1. The number of ether oxygens (including phenoxy) is 2. The van der Waals surface area contributed by atoms with Gasteiger partial charge < -0.3 is 19.0 Å². The Balaban J connectivity index is 1.77. The van der Waals surface area contributed by atoms with Gasteiger partial charge in [-0.25, -0.2) is 4.79 Å². The lowest BCUT2D eigenvalue weighted by molar-refractivity contribution is -0.175. The van der Waals surface area contributed by atoms with Crippen LogP contribution in [0.1, 0.15) is 51.2 Å². The molecule has 1 saturated heterocycles. The Morgan fingerprint density at radius 3 is 2.89 bits per heavy atom. The van der Waals surface area contributed by atoms with Crippen LogP contribution < -0.4 is 0 Å². The first-order valence-electron chi connectivity index (χ1n) is 9.52. The third-order valence-corrected chi connectivity index (χ3v) is 7.33. The molecule has 6 nitrogen and oxygen atoms in total. The summed E-state index contributed by atoms with van der Waals surface area (Å²) >= 11 is 0. The first-order valence-corrected chi connectivity index (χ1v) is 9.52. The molecule has 6 atom stereocenters. The minimum atomic E-state index is -0.756. The summed E-state index contributed by atoms with van der Waals surface area (Å²) in [5, 5.41) is 10.8. The number of rotatable bonds is 4. The average Bonchev–Trinajstić information content (AvgIpc) is 3.25. The second-order valence-electron chi connectivity index (χ2n) is 8.52. The molecular weight excluding hydrogens is 348 g/mol. The summed E-state index contributed by atoms with van der Waals surface area (Å²) in [4.78, 5) is 25.2. The van der Waals surface area contributed by atoms with E-state index in [4.69, 9.17) is 13.9 Å². The van der Waals surface area contributed by atoms with Gasteiger partial charge >= 0.3 is 11.9 Å². The van der Waals surface area contributed by atoms with E-state index >= 15 is 0 Å². The van der Waals surface area contributed by atoms with Gasteiger partial charge in [-0.1, -0.05) is 19.9 Å². The van der Waals surface area contributed by atoms with Crippen LogP contribution in [0.5, 0.6) is 0 Å². The van der Waals surface area contributed by atoms with Crippen molar-refractivity contribution in [3.63, 3.8) is 0 Å². The number of carbonyl (C=O) groups is 2. The highest BCUT2D eigenvalue weighted by Crippen LogP contribution is 2.65. The smallest absolute Gasteiger partial charge is 0.334 e. The van der Waals surface area contributed by atoms with Crippen molar-refractivity contribution in [3.05, 3.63) is 35.8 Å². The molecule has 2 aliphatic carbocycles. The van der Waals surface area contributed by atoms with E-state index in [1.54, 1.807) is 6.07 Å². The monoisotopic (exact) mass is 374 g/mol. The minimum Gasteiger partial charge on any atom is -0.472 e. The number of esters is 2. The van der Waals surface area contributed by atoms with Crippen molar-refractivity contribution in [2.45, 2.75) is 51.7 Å². The Kier molecular flexibility index (Phi) is 4.22. The fourth-order valence-electron chi connectivity index (χ4n) is 5.94. The molecule has 1 N–H and O–H groups in total. The molecule has 0 unspecified atom stereocenters. The van der Waals surface area contributed by atoms with Crippen LogP contribution in [-0.2, 0) is 19.1 Å². The van der Waals surface area contributed by atoms with Crippen molar-refractivity contribution in [1.29, 1.82) is 0 Å². The highest BCUT2D eigenvalue weighted by molar-refractivity contribution is 5.93. The van der Waals surface area contributed by atoms with Crippen LogP contribution >= 0.6 is 0 Å². The van der Waals surface area contributed by atoms with Crippen LogP contribution in [-0.4, -0.2) is 30.3 Å². The molecule has 2 fully saturated rings. The molecule has 3 aliphatic rings. The van der Waals surface area contributed by atoms with Crippen LogP contribution in [0.25, 0.3) is 0 Å². The Morgan fingerprint density at radius 2 is 2.22 bits per heavy atom. The van der Waals surface area contributed by atoms with Gasteiger partial charge in [0, 0.05) is 16.6 Å². The Hall–Kier alpha value is -2.08. The van der Waals surface area contributed by atoms with E-state index in [1.807, 2.05) is 6.08 Å². The van der Waals surface area contributed by atoms with Gasteiger partial charge in [0.2, 0.25) is 0 Å². The summed E-state index contributed by atoms with van der Waals surface area (Å²) in [5.41, 5.74) is 0.446. The maximum absolute atomic E-state index is 12.7. The lowest BCUT2D eigenvalue weighted by Crippen LogP contribution is -2.57. The highest BCUT2D eigenvalue weighted by atomic mass is 16.6. The average molecular weight is 374 g/mol. The Labute approximate surface area is 158 Å². The standard InChI is InChI=1S/C21H26O6/c1-20(10-15(22)12-7-8-26-11-12)14(18(23)25-3)9-17-21(2)13(19(24)27-17)5-4-6-16(20)21/h5,7-8,11,14-17,22H,4,6,9-10H2,1-3H3/t14-,15+,16-,17+,20+,21-/m0/s1. The fraction of sp³-hybridized carbons (Fsp3) is 0.619. The molecule has 1 aliphatic heterocycles. The maximum Gasteiger partial charge on any atom is 0.334 e. The van der Waals surface area contributed by atoms with Crippen molar-refractivity contribution in [2.24, 2.45) is 22.7 Å². The Bertz CT molecular complexity index is 781. The van der Waals surface area contributed by atoms with E-state index in [1.165, 1.54) is 19.6 Å². The third-order valence-electron chi connectivity index (χ3n) is 7.33. The molecule has 1 aromatic rings. The van der Waals surface area contributed by atoms with Gasteiger partial charge in [-0.3, -0.25) is 4.79 Å². The lowest BCUT2D eigenvalue weighted by atomic mass is 9.46. The summed E-state index contributed by atoms with van der Waals surface area (Å²) in [6.07, 6.45) is 6.38. The SMILES string of the molecule is COC(=O)[C@@H]1C[C@H]2OC(=O)C3=CCC[C@@H]([C@]1(C)C[C@@H](O)c1ccoc1)[C@]32C. The molecule has 6 heteroatoms. The summed E-state index contributed by atoms with van der Waals surface area (Å²) in [7, 11) is 1.38. The van der Waals surface area contributed by atoms with Crippen molar-refractivity contribution in [1.82, 2.24) is 0 Å². The van der Waals surface area contributed by atoms with E-state index in [0.717, 1.165) is 18.4 Å². The second-order valence-corrected chi connectivity index (χ2v) is 8.52. The van der Waals surface area contributed by atoms with Gasteiger partial charge in [0.15, 0.2) is 0 Å². The lowest BCUT2D eigenvalue weighted by Gasteiger charge is -2.57. The maximum atomic E-state index is 12.7. The van der Waals surface area contributed by atoms with Gasteiger partial charge in [0.25, 0.3) is 0 Å². The van der Waals surface area contributed by atoms with Crippen LogP contribution in [0.15, 0.2) is 34.7 Å². The largest absolute Gasteiger partial charge is 0.472 e. The number of hydrogen-bond donors (Lipinski definition) is 1. The number of hydrogen-bond acceptors (Lipinski definition) is 6. The number of methoxy groups -OCH3 is 1. The predicted molar refractivity (Wildman–Crippen MR) is 95.3 cm³/mol. The van der Waals surface area contributed by atoms with Gasteiger partial charge in [0.1, 0.15) is 6.10 Å². The van der Waals surface area contributed by atoms with Gasteiger partial charge in [-0.05, 0) is 43.1 Å². The minimum absolute atomic E-state index is 0.0286. The summed E-state index contributed by atoms with van der Waals surface area (Å²) < 4.78 is 15.9. The highest BCUT2D eigenvalue weighted by Gasteiger charge is 2.66. The molecule has 0 spiro atoms. The molecule has 4 rings (SSSR count). The van der Waals surface area contributed by atoms with E-state index in [9.17, 15) is 14.7 Å². The predicted octanol–water partition coefficient (Wildman–Crippen LogP) is 3.17. The van der Waals surface area contributed by atoms with Crippen molar-refractivity contribution < 1.29 is 28.6 Å². The zero-order valence-corrected chi connectivity index (χ0v) is 15.9. The van der Waals surface area contributed by atoms with E-state index in [0.29, 0.717) is 18.4 Å². The summed E-state index contributed by atoms with van der Waals surface area (Å²) in [5.74, 6) is -0.994. The molecule has 0 bridgehead atoms. The van der Waals surface area contributed by atoms with Crippen molar-refractivity contribution in [2.75, 3.05) is 7.11 Å². The molecule has 146 valence electrons. The molecule has 1 aromatic heterocycles. The van der Waals surface area contributed by atoms with Gasteiger partial charge in [0.05, 0.1) is 31.7 Å². The molecule has 0 radical (unpaired) electrons. The topological polar surface area (TPSA) is 86.0 Å². The zero-order valence-electron chi connectivity index (χ0n) is 15.9. The van der Waals surface area contributed by atoms with E-state index < -0.39 is 22.9 Å². The number of allylic oxidation sites excluding steroid dienone is 1. The zero-order chi connectivity index (χ0) is 19.4. The molecular formula is C21H26O6. The number of aliphatic hydroxyl groups excluding tert-OH is 1. The summed E-state index contributed by atoms with van der Waals surface area (Å²) in [6.45, 7) is 4.13. The van der Waals surface area contributed by atoms with Gasteiger partial charge in [-0.15, -0.1) is 0 Å². The Morgan fingerprint density at radius 1 is 1.44 bits per heavy atom. The first-order chi connectivity index (χ1) is 12.8. The van der Waals surface area contributed by atoms with Gasteiger partial charge in [-0.2, -0.15) is 0 Å². The first kappa shape index (κ1) is 18.3. The fourth-order valence-corrected chi connectivity index (χ4v) is 5.94.